The minimum absolute atomic E-state index is 0.0110. The van der Waals surface area contributed by atoms with Gasteiger partial charge in [-0.25, -0.2) is 0 Å². The van der Waals surface area contributed by atoms with Gasteiger partial charge in [0.2, 0.25) is 0 Å². The van der Waals surface area contributed by atoms with Crippen LogP contribution in [0.1, 0.15) is 6.42 Å². The van der Waals surface area contributed by atoms with Gasteiger partial charge in [0.1, 0.15) is 5.75 Å². The van der Waals surface area contributed by atoms with Crippen molar-refractivity contribution >= 4 is 29.1 Å². The molecule has 0 bridgehead atoms. The Balaban J connectivity index is 2.81. The maximum Gasteiger partial charge on any atom is 0.261 e. The highest BCUT2D eigenvalue weighted by Crippen LogP contribution is 2.18. The third-order valence-electron chi connectivity index (χ3n) is 2.41. The summed E-state index contributed by atoms with van der Waals surface area (Å²) in [6.45, 7) is 3.83. The second-order valence-corrected chi connectivity index (χ2v) is 4.83. The molecule has 20 heavy (non-hydrogen) atoms. The fourth-order valence-corrected chi connectivity index (χ4v) is 2.14. The van der Waals surface area contributed by atoms with Crippen LogP contribution in [-0.4, -0.2) is 35.1 Å². The molecular weight excluding hydrogens is 301 g/mol. The van der Waals surface area contributed by atoms with Crippen LogP contribution in [0.2, 0.25) is 0 Å². The first-order chi connectivity index (χ1) is 9.72. The Kier molecular flexibility index (Phi) is 8.11. The van der Waals surface area contributed by atoms with Gasteiger partial charge in [-0.15, -0.1) is 29.8 Å². The second-order valence-electron chi connectivity index (χ2n) is 3.89. The zero-order chi connectivity index (χ0) is 14.8. The Hall–Kier alpha value is -1.23. The van der Waals surface area contributed by atoms with Crippen LogP contribution in [-0.2, 0) is 4.74 Å². The van der Waals surface area contributed by atoms with Crippen LogP contribution in [0.25, 0.3) is 0 Å². The zero-order valence-corrected chi connectivity index (χ0v) is 12.4. The predicted octanol–water partition coefficient (Wildman–Crippen LogP) is 3.66. The summed E-state index contributed by atoms with van der Waals surface area (Å²) < 4.78 is 11.0. The number of hydrogen-bond acceptors (Lipinski definition) is 4. The van der Waals surface area contributed by atoms with Gasteiger partial charge in [0.15, 0.2) is 6.10 Å². The normalized spacial score (nSPS) is 14.6. The number of nitrogens with zero attached hydrogens (tertiary/aromatic N) is 1. The van der Waals surface area contributed by atoms with Gasteiger partial charge in [0.05, 0.1) is 12.0 Å². The van der Waals surface area contributed by atoms with Crippen molar-refractivity contribution in [1.82, 2.24) is 0 Å². The average Bonchev–Trinajstić information content (AvgIpc) is 2.47. The zero-order valence-electron chi connectivity index (χ0n) is 10.9. The van der Waals surface area contributed by atoms with E-state index in [1.165, 1.54) is 0 Å². The van der Waals surface area contributed by atoms with E-state index < -0.39 is 11.5 Å². The van der Waals surface area contributed by atoms with E-state index in [1.807, 2.05) is 6.07 Å². The SMILES string of the molecule is C=CCOC(C(=NO)Oc1ccccc1)C(Cl)CCCl. The number of hydrogen-bond donors (Lipinski definition) is 1. The van der Waals surface area contributed by atoms with E-state index in [2.05, 4.69) is 11.7 Å². The molecule has 2 unspecified atom stereocenters. The van der Waals surface area contributed by atoms with E-state index in [0.717, 1.165) is 0 Å². The van der Waals surface area contributed by atoms with Crippen LogP contribution in [0.4, 0.5) is 0 Å². The van der Waals surface area contributed by atoms with Gasteiger partial charge in [-0.2, -0.15) is 0 Å². The Morgan fingerprint density at radius 2 is 2.10 bits per heavy atom. The summed E-state index contributed by atoms with van der Waals surface area (Å²) in [5.41, 5.74) is 0. The van der Waals surface area contributed by atoms with Crippen molar-refractivity contribution in [3.63, 3.8) is 0 Å². The van der Waals surface area contributed by atoms with Gasteiger partial charge in [-0.1, -0.05) is 29.4 Å². The summed E-state index contributed by atoms with van der Waals surface area (Å²) in [5.74, 6) is 0.886. The summed E-state index contributed by atoms with van der Waals surface area (Å²) in [6.07, 6.45) is 1.36. The van der Waals surface area contributed by atoms with Crippen LogP contribution >= 0.6 is 23.2 Å². The highest BCUT2D eigenvalue weighted by molar-refractivity contribution is 6.24. The van der Waals surface area contributed by atoms with Crippen molar-refractivity contribution in [2.45, 2.75) is 17.9 Å². The van der Waals surface area contributed by atoms with Gasteiger partial charge < -0.3 is 14.7 Å². The number of ether oxygens (including phenoxy) is 2. The first-order valence-corrected chi connectivity index (χ1v) is 7.07. The molecular formula is C14H17Cl2NO3. The number of oxime groups is 1. The van der Waals surface area contributed by atoms with E-state index in [4.69, 9.17) is 37.9 Å². The molecule has 1 aromatic carbocycles. The van der Waals surface area contributed by atoms with Crippen LogP contribution in [0.15, 0.2) is 48.1 Å². The van der Waals surface area contributed by atoms with Crippen molar-refractivity contribution in [3.8, 4) is 5.75 Å². The van der Waals surface area contributed by atoms with Gasteiger partial charge in [0.25, 0.3) is 5.90 Å². The molecule has 0 aliphatic heterocycles. The van der Waals surface area contributed by atoms with Crippen molar-refractivity contribution in [1.29, 1.82) is 0 Å². The summed E-state index contributed by atoms with van der Waals surface area (Å²) >= 11 is 11.9. The molecule has 110 valence electrons. The number of halogens is 2. The summed E-state index contributed by atoms with van der Waals surface area (Å²) in [4.78, 5) is 0. The smallest absolute Gasteiger partial charge is 0.261 e. The molecule has 0 aromatic heterocycles. The largest absolute Gasteiger partial charge is 0.438 e. The molecule has 0 heterocycles. The lowest BCUT2D eigenvalue weighted by Gasteiger charge is -2.22. The Labute approximate surface area is 128 Å². The molecule has 0 saturated carbocycles. The third kappa shape index (κ3) is 5.41. The molecule has 0 saturated heterocycles. The third-order valence-corrected chi connectivity index (χ3v) is 3.08. The number of para-hydroxylation sites is 1. The summed E-state index contributed by atoms with van der Waals surface area (Å²) in [5, 5.41) is 11.8. The Morgan fingerprint density at radius 1 is 1.40 bits per heavy atom. The summed E-state index contributed by atoms with van der Waals surface area (Å²) in [7, 11) is 0. The predicted molar refractivity (Wildman–Crippen MR) is 81.2 cm³/mol. The topological polar surface area (TPSA) is 51.0 Å². The van der Waals surface area contributed by atoms with Crippen molar-refractivity contribution in [2.75, 3.05) is 12.5 Å². The van der Waals surface area contributed by atoms with Crippen LogP contribution in [0, 0.1) is 0 Å². The molecule has 4 nitrogen and oxygen atoms in total. The molecule has 0 radical (unpaired) electrons. The van der Waals surface area contributed by atoms with E-state index in [0.29, 0.717) is 18.1 Å². The highest BCUT2D eigenvalue weighted by atomic mass is 35.5. The Bertz CT molecular complexity index is 426. The first kappa shape index (κ1) is 16.8. The first-order valence-electron chi connectivity index (χ1n) is 6.10. The van der Waals surface area contributed by atoms with Crippen LogP contribution in [0.5, 0.6) is 5.75 Å². The Morgan fingerprint density at radius 3 is 2.65 bits per heavy atom. The van der Waals surface area contributed by atoms with Gasteiger partial charge in [-0.3, -0.25) is 0 Å². The maximum absolute atomic E-state index is 9.14. The van der Waals surface area contributed by atoms with Crippen molar-refractivity contribution in [3.05, 3.63) is 43.0 Å². The maximum atomic E-state index is 9.14. The quantitative estimate of drug-likeness (QED) is 0.199. The van der Waals surface area contributed by atoms with Crippen LogP contribution < -0.4 is 4.74 Å². The number of alkyl halides is 2. The molecule has 1 rings (SSSR count). The monoisotopic (exact) mass is 317 g/mol. The number of benzene rings is 1. The molecule has 0 fully saturated rings. The summed E-state index contributed by atoms with van der Waals surface area (Å²) in [6, 6.07) is 8.94. The molecule has 1 aromatic rings. The average molecular weight is 318 g/mol. The molecule has 0 aliphatic carbocycles. The van der Waals surface area contributed by atoms with Gasteiger partial charge in [0, 0.05) is 5.88 Å². The van der Waals surface area contributed by atoms with Crippen molar-refractivity contribution in [2.24, 2.45) is 5.16 Å². The molecule has 1 N–H and O–H groups in total. The molecule has 0 amide bonds. The van der Waals surface area contributed by atoms with Gasteiger partial charge >= 0.3 is 0 Å². The molecule has 0 aliphatic rings. The van der Waals surface area contributed by atoms with Crippen molar-refractivity contribution < 1.29 is 14.7 Å². The highest BCUT2D eigenvalue weighted by Gasteiger charge is 2.28. The van der Waals surface area contributed by atoms with E-state index >= 15 is 0 Å². The minimum atomic E-state index is -0.710. The molecule has 0 spiro atoms. The lowest BCUT2D eigenvalue weighted by atomic mass is 10.2. The molecule has 2 atom stereocenters. The van der Waals surface area contributed by atoms with E-state index in [9.17, 15) is 0 Å². The fourth-order valence-electron chi connectivity index (χ4n) is 1.50. The second kappa shape index (κ2) is 9.64. The minimum Gasteiger partial charge on any atom is -0.438 e. The van der Waals surface area contributed by atoms with Crippen LogP contribution in [0.3, 0.4) is 0 Å². The fraction of sp³-hybridized carbons (Fsp3) is 0.357. The number of rotatable bonds is 8. The van der Waals surface area contributed by atoms with Gasteiger partial charge in [-0.05, 0) is 18.6 Å². The van der Waals surface area contributed by atoms with E-state index in [-0.39, 0.29) is 12.5 Å². The molecule has 6 heteroatoms. The lowest BCUT2D eigenvalue weighted by molar-refractivity contribution is 0.102. The standard InChI is InChI=1S/C14H17Cl2NO3/c1-2-10-19-13(12(16)8-9-15)14(17-18)20-11-6-4-3-5-7-11/h2-7,12-13,18H,1,8-10H2. The van der Waals surface area contributed by atoms with E-state index in [1.54, 1.807) is 30.3 Å². The lowest BCUT2D eigenvalue weighted by Crippen LogP contribution is -2.37.